The predicted octanol–water partition coefficient (Wildman–Crippen LogP) is 3.31. The average Bonchev–Trinajstić information content (AvgIpc) is 3.35. The number of hydrogen-bond acceptors (Lipinski definition) is 7. The van der Waals surface area contributed by atoms with Gasteiger partial charge in [0, 0.05) is 49.0 Å². The van der Waals surface area contributed by atoms with Crippen LogP contribution in [0.2, 0.25) is 0 Å². The minimum atomic E-state index is -3.84. The maximum absolute atomic E-state index is 13.0. The number of carbonyl (C=O) groups excluding carboxylic acids is 1. The summed E-state index contributed by atoms with van der Waals surface area (Å²) in [6, 6.07) is 12.8. The molecule has 1 N–H and O–H groups in total. The van der Waals surface area contributed by atoms with Crippen molar-refractivity contribution in [1.29, 1.82) is 0 Å². The number of amides is 1. The van der Waals surface area contributed by atoms with E-state index in [2.05, 4.69) is 14.6 Å². The highest BCUT2D eigenvalue weighted by Gasteiger charge is 2.24. The van der Waals surface area contributed by atoms with Crippen molar-refractivity contribution in [3.05, 3.63) is 65.7 Å². The molecule has 10 heteroatoms. The molecule has 1 fully saturated rings. The van der Waals surface area contributed by atoms with Crippen LogP contribution in [0.1, 0.15) is 17.3 Å². The highest BCUT2D eigenvalue weighted by atomic mass is 32.2. The lowest BCUT2D eigenvalue weighted by molar-refractivity contribution is 0.0746. The fraction of sp³-hybridized carbons (Fsp3) is 0.273. The Bertz CT molecular complexity index is 1160. The summed E-state index contributed by atoms with van der Waals surface area (Å²) in [5.74, 6) is 0.486. The molecular formula is C22H24N4O4S2. The zero-order chi connectivity index (χ0) is 22.6. The van der Waals surface area contributed by atoms with Gasteiger partial charge in [-0.1, -0.05) is 6.07 Å². The second-order valence-electron chi connectivity index (χ2n) is 7.18. The first-order valence-electron chi connectivity index (χ1n) is 10.3. The van der Waals surface area contributed by atoms with E-state index in [0.717, 1.165) is 5.13 Å². The number of benzene rings is 2. The van der Waals surface area contributed by atoms with Crippen molar-refractivity contribution in [2.75, 3.05) is 42.4 Å². The summed E-state index contributed by atoms with van der Waals surface area (Å²) in [6.07, 6.45) is 1.77. The predicted molar refractivity (Wildman–Crippen MR) is 125 cm³/mol. The Balaban J connectivity index is 1.43. The Morgan fingerprint density at radius 1 is 1.12 bits per heavy atom. The largest absolute Gasteiger partial charge is 0.494 e. The van der Waals surface area contributed by atoms with Gasteiger partial charge in [-0.05, 0) is 49.4 Å². The van der Waals surface area contributed by atoms with Gasteiger partial charge in [0.25, 0.3) is 15.9 Å². The number of ether oxygens (including phenoxy) is 1. The number of anilines is 2. The van der Waals surface area contributed by atoms with Crippen LogP contribution in [0, 0.1) is 0 Å². The summed E-state index contributed by atoms with van der Waals surface area (Å²) in [5, 5.41) is 2.88. The van der Waals surface area contributed by atoms with Gasteiger partial charge in [0.2, 0.25) is 0 Å². The smallest absolute Gasteiger partial charge is 0.261 e. The number of hydrogen-bond donors (Lipinski definition) is 1. The van der Waals surface area contributed by atoms with Crippen LogP contribution in [-0.4, -0.2) is 57.0 Å². The summed E-state index contributed by atoms with van der Waals surface area (Å²) >= 11 is 1.57. The van der Waals surface area contributed by atoms with Gasteiger partial charge >= 0.3 is 0 Å². The average molecular weight is 473 g/mol. The number of aromatic nitrogens is 1. The molecule has 0 radical (unpaired) electrons. The van der Waals surface area contributed by atoms with Crippen LogP contribution in [0.15, 0.2) is 65.0 Å². The molecule has 1 aromatic heterocycles. The van der Waals surface area contributed by atoms with Crippen molar-refractivity contribution < 1.29 is 17.9 Å². The molecule has 1 aliphatic rings. The summed E-state index contributed by atoms with van der Waals surface area (Å²) in [4.78, 5) is 21.2. The summed E-state index contributed by atoms with van der Waals surface area (Å²) in [7, 11) is -3.84. The van der Waals surface area contributed by atoms with E-state index < -0.39 is 10.0 Å². The first-order chi connectivity index (χ1) is 15.5. The Labute approximate surface area is 191 Å². The number of carbonyl (C=O) groups is 1. The third-order valence-corrected chi connectivity index (χ3v) is 7.28. The third kappa shape index (κ3) is 5.03. The number of nitrogens with one attached hydrogen (secondary N) is 1. The minimum Gasteiger partial charge on any atom is -0.494 e. The standard InChI is InChI=1S/C22H24N4O4S2/c1-2-30-19-8-6-18(7-9-19)24-32(28,29)20-5-3-4-17(16-20)21(27)25-11-13-26(14-12-25)22-23-10-15-31-22/h3-10,15-16,24H,2,11-14H2,1H3. The maximum Gasteiger partial charge on any atom is 0.261 e. The van der Waals surface area contributed by atoms with Gasteiger partial charge in [-0.3, -0.25) is 9.52 Å². The molecule has 2 heterocycles. The molecule has 0 spiro atoms. The Kier molecular flexibility index (Phi) is 6.61. The van der Waals surface area contributed by atoms with Crippen LogP contribution in [0.3, 0.4) is 0 Å². The molecule has 4 rings (SSSR count). The van der Waals surface area contributed by atoms with E-state index >= 15 is 0 Å². The van der Waals surface area contributed by atoms with Crippen LogP contribution >= 0.6 is 11.3 Å². The van der Waals surface area contributed by atoms with Gasteiger partial charge in [-0.15, -0.1) is 11.3 Å². The van der Waals surface area contributed by atoms with E-state index in [1.165, 1.54) is 12.1 Å². The summed E-state index contributed by atoms with van der Waals surface area (Å²) in [5.41, 5.74) is 0.769. The highest BCUT2D eigenvalue weighted by Crippen LogP contribution is 2.22. The molecule has 0 bridgehead atoms. The van der Waals surface area contributed by atoms with Gasteiger partial charge in [0.05, 0.1) is 11.5 Å². The normalized spacial score (nSPS) is 14.3. The number of nitrogens with zero attached hydrogens (tertiary/aromatic N) is 3. The molecule has 168 valence electrons. The highest BCUT2D eigenvalue weighted by molar-refractivity contribution is 7.92. The SMILES string of the molecule is CCOc1ccc(NS(=O)(=O)c2cccc(C(=O)N3CCN(c4nccs4)CC3)c2)cc1. The van der Waals surface area contributed by atoms with E-state index in [-0.39, 0.29) is 10.8 Å². The first kappa shape index (κ1) is 22.1. The Hall–Kier alpha value is -3.11. The molecule has 32 heavy (non-hydrogen) atoms. The topological polar surface area (TPSA) is 91.8 Å². The van der Waals surface area contributed by atoms with Crippen molar-refractivity contribution in [2.45, 2.75) is 11.8 Å². The molecule has 0 atom stereocenters. The summed E-state index contributed by atoms with van der Waals surface area (Å²) < 4.78 is 33.6. The zero-order valence-electron chi connectivity index (χ0n) is 17.6. The lowest BCUT2D eigenvalue weighted by atomic mass is 10.2. The molecule has 3 aromatic rings. The van der Waals surface area contributed by atoms with Crippen molar-refractivity contribution in [1.82, 2.24) is 9.88 Å². The van der Waals surface area contributed by atoms with E-state index in [9.17, 15) is 13.2 Å². The number of rotatable bonds is 7. The van der Waals surface area contributed by atoms with Gasteiger partial charge in [-0.25, -0.2) is 13.4 Å². The molecule has 1 amide bonds. The number of thiazole rings is 1. The molecule has 0 unspecified atom stereocenters. The third-order valence-electron chi connectivity index (χ3n) is 5.07. The van der Waals surface area contributed by atoms with E-state index in [0.29, 0.717) is 49.8 Å². The fourth-order valence-electron chi connectivity index (χ4n) is 3.45. The molecular weight excluding hydrogens is 448 g/mol. The maximum atomic E-state index is 13.0. The second-order valence-corrected chi connectivity index (χ2v) is 9.74. The molecule has 1 saturated heterocycles. The monoisotopic (exact) mass is 472 g/mol. The molecule has 0 aliphatic carbocycles. The van der Waals surface area contributed by atoms with Crippen LogP contribution < -0.4 is 14.4 Å². The second kappa shape index (κ2) is 9.58. The molecule has 8 nitrogen and oxygen atoms in total. The van der Waals surface area contributed by atoms with Crippen molar-refractivity contribution in [3.63, 3.8) is 0 Å². The van der Waals surface area contributed by atoms with Gasteiger partial charge < -0.3 is 14.5 Å². The number of piperazine rings is 1. The summed E-state index contributed by atoms with van der Waals surface area (Å²) in [6.45, 7) is 4.91. The lowest BCUT2D eigenvalue weighted by Gasteiger charge is -2.34. The Morgan fingerprint density at radius 3 is 2.53 bits per heavy atom. The van der Waals surface area contributed by atoms with Crippen LogP contribution in [0.4, 0.5) is 10.8 Å². The Morgan fingerprint density at radius 2 is 1.88 bits per heavy atom. The molecule has 2 aromatic carbocycles. The van der Waals surface area contributed by atoms with Gasteiger partial charge in [0.15, 0.2) is 5.13 Å². The van der Waals surface area contributed by atoms with E-state index in [4.69, 9.17) is 4.74 Å². The quantitative estimate of drug-likeness (QED) is 0.567. The lowest BCUT2D eigenvalue weighted by Crippen LogP contribution is -2.48. The molecule has 0 saturated carbocycles. The fourth-order valence-corrected chi connectivity index (χ4v) is 5.25. The van der Waals surface area contributed by atoms with Crippen LogP contribution in [-0.2, 0) is 10.0 Å². The van der Waals surface area contributed by atoms with Gasteiger partial charge in [0.1, 0.15) is 5.75 Å². The van der Waals surface area contributed by atoms with Crippen molar-refractivity contribution >= 4 is 38.1 Å². The van der Waals surface area contributed by atoms with Crippen LogP contribution in [0.25, 0.3) is 0 Å². The first-order valence-corrected chi connectivity index (χ1v) is 12.6. The van der Waals surface area contributed by atoms with E-state index in [1.54, 1.807) is 58.8 Å². The minimum absolute atomic E-state index is 0.0404. The van der Waals surface area contributed by atoms with E-state index in [1.807, 2.05) is 12.3 Å². The van der Waals surface area contributed by atoms with Crippen molar-refractivity contribution in [3.8, 4) is 5.75 Å². The van der Waals surface area contributed by atoms with Gasteiger partial charge in [-0.2, -0.15) is 0 Å². The van der Waals surface area contributed by atoms with Crippen molar-refractivity contribution in [2.24, 2.45) is 0 Å². The zero-order valence-corrected chi connectivity index (χ0v) is 19.2. The molecule has 1 aliphatic heterocycles. The van der Waals surface area contributed by atoms with Crippen LogP contribution in [0.5, 0.6) is 5.75 Å². The number of sulfonamides is 1.